The van der Waals surface area contributed by atoms with Crippen molar-refractivity contribution in [1.82, 2.24) is 9.80 Å². The van der Waals surface area contributed by atoms with Crippen molar-refractivity contribution in [1.29, 1.82) is 0 Å². The zero-order valence-corrected chi connectivity index (χ0v) is 12.5. The Morgan fingerprint density at radius 2 is 1.86 bits per heavy atom. The molecule has 1 saturated heterocycles. The van der Waals surface area contributed by atoms with Crippen LogP contribution in [-0.4, -0.2) is 48.6 Å². The van der Waals surface area contributed by atoms with Crippen molar-refractivity contribution in [2.45, 2.75) is 19.8 Å². The largest absolute Gasteiger partial charge is 0.378 e. The molecule has 112 valence electrons. The molecular formula is C17H22N2O2. The lowest BCUT2D eigenvalue weighted by molar-refractivity contribution is -0.128. The Balaban J connectivity index is 1.76. The molecule has 2 aliphatic heterocycles. The molecule has 3 rings (SSSR count). The molecule has 1 fully saturated rings. The molecule has 0 aromatic carbocycles. The van der Waals surface area contributed by atoms with Gasteiger partial charge in [-0.1, -0.05) is 29.9 Å². The van der Waals surface area contributed by atoms with Gasteiger partial charge >= 0.3 is 0 Å². The normalized spacial score (nSPS) is 23.5. The van der Waals surface area contributed by atoms with E-state index in [0.29, 0.717) is 13.2 Å². The van der Waals surface area contributed by atoms with Crippen LogP contribution in [0.2, 0.25) is 0 Å². The molecule has 21 heavy (non-hydrogen) atoms. The van der Waals surface area contributed by atoms with Crippen molar-refractivity contribution < 1.29 is 9.53 Å². The topological polar surface area (TPSA) is 32.8 Å². The van der Waals surface area contributed by atoms with Crippen LogP contribution in [0.4, 0.5) is 0 Å². The average Bonchev–Trinajstić information content (AvgIpc) is 2.73. The van der Waals surface area contributed by atoms with Gasteiger partial charge < -0.3 is 14.5 Å². The molecule has 4 heteroatoms. The molecule has 0 aromatic heterocycles. The molecule has 0 radical (unpaired) electrons. The van der Waals surface area contributed by atoms with Crippen molar-refractivity contribution in [2.24, 2.45) is 0 Å². The number of ether oxygens (including phenoxy) is 1. The first-order valence-corrected chi connectivity index (χ1v) is 7.65. The third kappa shape index (κ3) is 3.10. The molecule has 0 unspecified atom stereocenters. The highest BCUT2D eigenvalue weighted by Crippen LogP contribution is 2.23. The van der Waals surface area contributed by atoms with Gasteiger partial charge in [0.1, 0.15) is 0 Å². The molecule has 1 amide bonds. The summed E-state index contributed by atoms with van der Waals surface area (Å²) in [6, 6.07) is 0. The van der Waals surface area contributed by atoms with Crippen molar-refractivity contribution in [3.63, 3.8) is 0 Å². The van der Waals surface area contributed by atoms with Gasteiger partial charge in [-0.2, -0.15) is 0 Å². The van der Waals surface area contributed by atoms with Crippen LogP contribution in [0.3, 0.4) is 0 Å². The first kappa shape index (κ1) is 14.1. The van der Waals surface area contributed by atoms with E-state index in [1.165, 1.54) is 5.57 Å². The number of carbonyl (C=O) groups excluding carboxylic acids is 1. The summed E-state index contributed by atoms with van der Waals surface area (Å²) in [5.41, 5.74) is 3.11. The number of hydrogen-bond donors (Lipinski definition) is 0. The fourth-order valence-electron chi connectivity index (χ4n) is 2.89. The van der Waals surface area contributed by atoms with Gasteiger partial charge in [0.05, 0.1) is 18.9 Å². The van der Waals surface area contributed by atoms with Crippen molar-refractivity contribution in [3.05, 3.63) is 47.3 Å². The van der Waals surface area contributed by atoms with Crippen LogP contribution >= 0.6 is 0 Å². The second kappa shape index (κ2) is 6.31. The van der Waals surface area contributed by atoms with Crippen molar-refractivity contribution in [2.75, 3.05) is 32.8 Å². The molecule has 0 bridgehead atoms. The number of morpholine rings is 1. The minimum Gasteiger partial charge on any atom is -0.378 e. The van der Waals surface area contributed by atoms with E-state index in [4.69, 9.17) is 4.74 Å². The van der Waals surface area contributed by atoms with Crippen LogP contribution in [0.5, 0.6) is 0 Å². The second-order valence-corrected chi connectivity index (χ2v) is 5.58. The van der Waals surface area contributed by atoms with Crippen LogP contribution in [0.1, 0.15) is 19.8 Å². The SMILES string of the molecule is CC1=CCC=C(N2CCC=C(N3CCOCC3)C2=O)C=C1. The second-order valence-electron chi connectivity index (χ2n) is 5.58. The van der Waals surface area contributed by atoms with Crippen LogP contribution in [0.25, 0.3) is 0 Å². The van der Waals surface area contributed by atoms with Crippen LogP contribution < -0.4 is 0 Å². The molecule has 0 spiro atoms. The van der Waals surface area contributed by atoms with Gasteiger partial charge in [0.15, 0.2) is 0 Å². The zero-order chi connectivity index (χ0) is 14.7. The number of carbonyl (C=O) groups is 1. The van der Waals surface area contributed by atoms with Gasteiger partial charge in [0.2, 0.25) is 0 Å². The maximum atomic E-state index is 12.8. The molecule has 3 aliphatic rings. The number of hydrogen-bond acceptors (Lipinski definition) is 3. The van der Waals surface area contributed by atoms with E-state index in [1.54, 1.807) is 0 Å². The van der Waals surface area contributed by atoms with Gasteiger partial charge in [-0.15, -0.1) is 0 Å². The Labute approximate surface area is 126 Å². The van der Waals surface area contributed by atoms with Crippen molar-refractivity contribution in [3.8, 4) is 0 Å². The average molecular weight is 286 g/mol. The molecule has 1 aliphatic carbocycles. The van der Waals surface area contributed by atoms with Crippen LogP contribution in [0.15, 0.2) is 47.3 Å². The summed E-state index contributed by atoms with van der Waals surface area (Å²) >= 11 is 0. The lowest BCUT2D eigenvalue weighted by Crippen LogP contribution is -2.44. The summed E-state index contributed by atoms with van der Waals surface area (Å²) in [4.78, 5) is 16.9. The van der Waals surface area contributed by atoms with Gasteiger partial charge in [-0.25, -0.2) is 0 Å². The summed E-state index contributed by atoms with van der Waals surface area (Å²) in [6.45, 7) is 5.88. The molecule has 0 aromatic rings. The highest BCUT2D eigenvalue weighted by molar-refractivity contribution is 5.95. The first-order valence-electron chi connectivity index (χ1n) is 7.65. The summed E-state index contributed by atoms with van der Waals surface area (Å²) in [6.07, 6.45) is 12.3. The van der Waals surface area contributed by atoms with Crippen LogP contribution in [0, 0.1) is 0 Å². The molecule has 0 atom stereocenters. The van der Waals surface area contributed by atoms with E-state index < -0.39 is 0 Å². The number of amides is 1. The third-order valence-electron chi connectivity index (χ3n) is 4.10. The molecular weight excluding hydrogens is 264 g/mol. The summed E-state index contributed by atoms with van der Waals surface area (Å²) in [5, 5.41) is 0. The van der Waals surface area contributed by atoms with Gasteiger partial charge in [-0.05, 0) is 25.8 Å². The third-order valence-corrected chi connectivity index (χ3v) is 4.10. The fourth-order valence-corrected chi connectivity index (χ4v) is 2.89. The van der Waals surface area contributed by atoms with E-state index in [0.717, 1.165) is 43.9 Å². The van der Waals surface area contributed by atoms with Crippen LogP contribution in [-0.2, 0) is 9.53 Å². The van der Waals surface area contributed by atoms with Gasteiger partial charge in [0, 0.05) is 25.3 Å². The number of nitrogens with zero attached hydrogens (tertiary/aromatic N) is 2. The van der Waals surface area contributed by atoms with E-state index in [1.807, 2.05) is 4.90 Å². The fraction of sp³-hybridized carbons (Fsp3) is 0.471. The molecule has 0 saturated carbocycles. The highest BCUT2D eigenvalue weighted by atomic mass is 16.5. The van der Waals surface area contributed by atoms with E-state index >= 15 is 0 Å². The zero-order valence-electron chi connectivity index (χ0n) is 12.5. The molecule has 4 nitrogen and oxygen atoms in total. The summed E-state index contributed by atoms with van der Waals surface area (Å²) < 4.78 is 5.37. The maximum absolute atomic E-state index is 12.8. The van der Waals surface area contributed by atoms with E-state index in [9.17, 15) is 4.79 Å². The monoisotopic (exact) mass is 286 g/mol. The lowest BCUT2D eigenvalue weighted by atomic mass is 10.1. The Kier molecular flexibility index (Phi) is 4.25. The van der Waals surface area contributed by atoms with Gasteiger partial charge in [-0.3, -0.25) is 4.79 Å². The quantitative estimate of drug-likeness (QED) is 0.780. The van der Waals surface area contributed by atoms with E-state index in [2.05, 4.69) is 42.2 Å². The number of rotatable bonds is 2. The van der Waals surface area contributed by atoms with Gasteiger partial charge in [0.25, 0.3) is 5.91 Å². The minimum atomic E-state index is 0.124. The molecule has 0 N–H and O–H groups in total. The predicted octanol–water partition coefficient (Wildman–Crippen LogP) is 2.22. The molecule has 2 heterocycles. The van der Waals surface area contributed by atoms with Crippen molar-refractivity contribution >= 4 is 5.91 Å². The Hall–Kier alpha value is -1.81. The number of allylic oxidation sites excluding steroid dienone is 5. The standard InChI is InChI=1S/C17H22N2O2/c1-14-4-2-5-15(8-7-14)19-9-3-6-16(17(19)20)18-10-12-21-13-11-18/h4-8H,2-3,9-13H2,1H3. The van der Waals surface area contributed by atoms with E-state index in [-0.39, 0.29) is 5.91 Å². The summed E-state index contributed by atoms with van der Waals surface area (Å²) in [7, 11) is 0. The maximum Gasteiger partial charge on any atom is 0.274 e. The Bertz CT molecular complexity index is 537. The lowest BCUT2D eigenvalue weighted by Gasteiger charge is -2.36. The Morgan fingerprint density at radius 3 is 2.67 bits per heavy atom. The minimum absolute atomic E-state index is 0.124. The first-order chi connectivity index (χ1) is 10.3. The highest BCUT2D eigenvalue weighted by Gasteiger charge is 2.28. The predicted molar refractivity (Wildman–Crippen MR) is 82.4 cm³/mol. The Morgan fingerprint density at radius 1 is 1.05 bits per heavy atom. The smallest absolute Gasteiger partial charge is 0.274 e. The summed E-state index contributed by atoms with van der Waals surface area (Å²) in [5.74, 6) is 0.124.